The van der Waals surface area contributed by atoms with Gasteiger partial charge in [-0.2, -0.15) is 0 Å². The number of nitrogens with two attached hydrogens (primary N) is 1. The molecule has 0 unspecified atom stereocenters. The van der Waals surface area contributed by atoms with Crippen molar-refractivity contribution in [3.63, 3.8) is 0 Å². The topological polar surface area (TPSA) is 78.9 Å². The van der Waals surface area contributed by atoms with Gasteiger partial charge < -0.3 is 10.5 Å². The van der Waals surface area contributed by atoms with Gasteiger partial charge in [0.1, 0.15) is 5.75 Å². The first-order valence-corrected chi connectivity index (χ1v) is 5.26. The number of ether oxygens (including phenoxy) is 1. The first kappa shape index (κ1) is 11.4. The van der Waals surface area contributed by atoms with Crippen molar-refractivity contribution < 1.29 is 4.74 Å². The number of aryl methyl sites for hydroxylation is 1. The minimum atomic E-state index is 0.404. The number of nitrogen functional groups attached to an aromatic ring is 1. The molecule has 0 atom stereocenters. The molecule has 6 heteroatoms. The summed E-state index contributed by atoms with van der Waals surface area (Å²) in [4.78, 5) is 4.38. The fourth-order valence-corrected chi connectivity index (χ4v) is 1.77. The van der Waals surface area contributed by atoms with E-state index in [4.69, 9.17) is 10.5 Å². The molecule has 0 fully saturated rings. The van der Waals surface area contributed by atoms with Gasteiger partial charge in [0.2, 0.25) is 0 Å². The van der Waals surface area contributed by atoms with Crippen LogP contribution in [0.2, 0.25) is 0 Å². The van der Waals surface area contributed by atoms with Crippen molar-refractivity contribution in [3.05, 3.63) is 29.2 Å². The number of anilines is 1. The summed E-state index contributed by atoms with van der Waals surface area (Å²) in [6.45, 7) is 4.48. The fraction of sp³-hybridized carbons (Fsp3) is 0.364. The largest absolute Gasteiger partial charge is 0.496 e. The lowest BCUT2D eigenvalue weighted by molar-refractivity contribution is 0.406. The van der Waals surface area contributed by atoms with Crippen LogP contribution in [0.15, 0.2) is 12.4 Å². The van der Waals surface area contributed by atoms with Crippen LogP contribution in [-0.2, 0) is 6.54 Å². The van der Waals surface area contributed by atoms with E-state index in [0.29, 0.717) is 12.4 Å². The lowest BCUT2D eigenvalue weighted by atomic mass is 10.1. The van der Waals surface area contributed by atoms with Gasteiger partial charge in [-0.1, -0.05) is 5.21 Å². The number of pyridine rings is 1. The van der Waals surface area contributed by atoms with Gasteiger partial charge in [-0.05, 0) is 13.8 Å². The molecule has 0 spiro atoms. The van der Waals surface area contributed by atoms with Crippen molar-refractivity contribution in [2.24, 2.45) is 0 Å². The van der Waals surface area contributed by atoms with Crippen molar-refractivity contribution in [1.29, 1.82) is 0 Å². The first-order chi connectivity index (χ1) is 8.11. The second-order valence-corrected chi connectivity index (χ2v) is 3.89. The highest BCUT2D eigenvalue weighted by molar-refractivity contribution is 5.41. The summed E-state index contributed by atoms with van der Waals surface area (Å²) in [5.41, 5.74) is 8.45. The average molecular weight is 233 g/mol. The molecule has 0 radical (unpaired) electrons. The van der Waals surface area contributed by atoms with Crippen molar-refractivity contribution in [1.82, 2.24) is 20.0 Å². The quantitative estimate of drug-likeness (QED) is 0.853. The molecule has 0 aliphatic carbocycles. The number of rotatable bonds is 3. The van der Waals surface area contributed by atoms with Gasteiger partial charge in [0, 0.05) is 17.3 Å². The van der Waals surface area contributed by atoms with Crippen LogP contribution in [0.25, 0.3) is 0 Å². The Labute approximate surface area is 99.4 Å². The molecule has 2 heterocycles. The van der Waals surface area contributed by atoms with E-state index in [2.05, 4.69) is 15.3 Å². The summed E-state index contributed by atoms with van der Waals surface area (Å²) >= 11 is 0. The third-order valence-corrected chi connectivity index (χ3v) is 2.62. The molecular weight excluding hydrogens is 218 g/mol. The molecule has 2 aromatic heterocycles. The van der Waals surface area contributed by atoms with Crippen molar-refractivity contribution in [2.45, 2.75) is 20.4 Å². The van der Waals surface area contributed by atoms with Gasteiger partial charge in [0.05, 0.1) is 25.5 Å². The number of hydrogen-bond donors (Lipinski definition) is 1. The lowest BCUT2D eigenvalue weighted by Crippen LogP contribution is -2.06. The van der Waals surface area contributed by atoms with Crippen LogP contribution in [0, 0.1) is 13.8 Å². The molecule has 17 heavy (non-hydrogen) atoms. The fourth-order valence-electron chi connectivity index (χ4n) is 1.77. The molecule has 0 aliphatic heterocycles. The van der Waals surface area contributed by atoms with Crippen LogP contribution < -0.4 is 10.5 Å². The standard InChI is InChI=1S/C11H15N5O/c1-7-4-13-9(8(2)11(7)17-3)5-16-6-10(12)14-15-16/h4,6H,5,12H2,1-3H3. The second kappa shape index (κ2) is 4.40. The third-order valence-electron chi connectivity index (χ3n) is 2.62. The van der Waals surface area contributed by atoms with Crippen LogP contribution >= 0.6 is 0 Å². The third kappa shape index (κ3) is 2.20. The van der Waals surface area contributed by atoms with E-state index in [1.54, 1.807) is 24.2 Å². The predicted molar refractivity (Wildman–Crippen MR) is 63.8 cm³/mol. The molecule has 0 bridgehead atoms. The van der Waals surface area contributed by atoms with Crippen molar-refractivity contribution >= 4 is 5.82 Å². The zero-order chi connectivity index (χ0) is 12.4. The zero-order valence-corrected chi connectivity index (χ0v) is 10.1. The Bertz CT molecular complexity index is 535. The monoisotopic (exact) mass is 233 g/mol. The molecule has 0 aromatic carbocycles. The molecule has 0 amide bonds. The Hall–Kier alpha value is -2.11. The zero-order valence-electron chi connectivity index (χ0n) is 10.1. The van der Waals surface area contributed by atoms with Gasteiger partial charge >= 0.3 is 0 Å². The maximum Gasteiger partial charge on any atom is 0.165 e. The van der Waals surface area contributed by atoms with Crippen LogP contribution in [-0.4, -0.2) is 27.1 Å². The second-order valence-electron chi connectivity index (χ2n) is 3.89. The predicted octanol–water partition coefficient (Wildman–Crippen LogP) is 0.929. The van der Waals surface area contributed by atoms with Crippen LogP contribution in [0.4, 0.5) is 5.82 Å². The van der Waals surface area contributed by atoms with Crippen LogP contribution in [0.1, 0.15) is 16.8 Å². The summed E-state index contributed by atoms with van der Waals surface area (Å²) in [7, 11) is 1.66. The Morgan fingerprint density at radius 1 is 1.41 bits per heavy atom. The highest BCUT2D eigenvalue weighted by Gasteiger charge is 2.10. The molecular formula is C11H15N5O. The molecule has 90 valence electrons. The Balaban J connectivity index is 2.33. The highest BCUT2D eigenvalue weighted by Crippen LogP contribution is 2.24. The summed E-state index contributed by atoms with van der Waals surface area (Å²) < 4.78 is 7.00. The molecule has 0 saturated heterocycles. The Kier molecular flexibility index (Phi) is 2.95. The minimum absolute atomic E-state index is 0.404. The summed E-state index contributed by atoms with van der Waals surface area (Å²) in [5, 5.41) is 7.63. The summed E-state index contributed by atoms with van der Waals surface area (Å²) in [5.74, 6) is 1.27. The van der Waals surface area contributed by atoms with E-state index < -0.39 is 0 Å². The van der Waals surface area contributed by atoms with E-state index in [-0.39, 0.29) is 0 Å². The van der Waals surface area contributed by atoms with E-state index >= 15 is 0 Å². The molecule has 2 rings (SSSR count). The van der Waals surface area contributed by atoms with Gasteiger partial charge in [0.25, 0.3) is 0 Å². The molecule has 6 nitrogen and oxygen atoms in total. The number of methoxy groups -OCH3 is 1. The summed E-state index contributed by atoms with van der Waals surface area (Å²) in [6, 6.07) is 0. The normalized spacial score (nSPS) is 10.5. The maximum atomic E-state index is 5.51. The molecule has 2 N–H and O–H groups in total. The maximum absolute atomic E-state index is 5.51. The van der Waals surface area contributed by atoms with Gasteiger partial charge in [-0.15, -0.1) is 5.10 Å². The smallest absolute Gasteiger partial charge is 0.165 e. The number of nitrogens with zero attached hydrogens (tertiary/aromatic N) is 4. The minimum Gasteiger partial charge on any atom is -0.496 e. The highest BCUT2D eigenvalue weighted by atomic mass is 16.5. The van der Waals surface area contributed by atoms with E-state index in [1.165, 1.54) is 0 Å². The van der Waals surface area contributed by atoms with Gasteiger partial charge in [-0.25, -0.2) is 4.68 Å². The Morgan fingerprint density at radius 2 is 2.18 bits per heavy atom. The molecule has 0 saturated carbocycles. The SMILES string of the molecule is COc1c(C)cnc(Cn2cc(N)nn2)c1C. The number of aromatic nitrogens is 4. The van der Waals surface area contributed by atoms with E-state index in [9.17, 15) is 0 Å². The van der Waals surface area contributed by atoms with Crippen LogP contribution in [0.3, 0.4) is 0 Å². The van der Waals surface area contributed by atoms with Gasteiger partial charge in [0.15, 0.2) is 5.82 Å². The first-order valence-electron chi connectivity index (χ1n) is 5.26. The summed E-state index contributed by atoms with van der Waals surface area (Å²) in [6.07, 6.45) is 3.47. The van der Waals surface area contributed by atoms with Crippen LogP contribution in [0.5, 0.6) is 5.75 Å². The van der Waals surface area contributed by atoms with E-state index in [1.807, 2.05) is 13.8 Å². The lowest BCUT2D eigenvalue weighted by Gasteiger charge is -2.11. The van der Waals surface area contributed by atoms with Crippen molar-refractivity contribution in [2.75, 3.05) is 12.8 Å². The average Bonchev–Trinajstić information content (AvgIpc) is 2.69. The van der Waals surface area contributed by atoms with E-state index in [0.717, 1.165) is 22.6 Å². The number of hydrogen-bond acceptors (Lipinski definition) is 5. The van der Waals surface area contributed by atoms with Crippen molar-refractivity contribution in [3.8, 4) is 5.75 Å². The molecule has 0 aliphatic rings. The Morgan fingerprint density at radius 3 is 2.76 bits per heavy atom. The molecule has 2 aromatic rings. The van der Waals surface area contributed by atoms with Gasteiger partial charge in [-0.3, -0.25) is 4.98 Å².